The van der Waals surface area contributed by atoms with Crippen LogP contribution in [-0.2, 0) is 19.1 Å². The normalized spacial score (nSPS) is 47.1. The number of halogens is 1. The first kappa shape index (κ1) is 23.1. The van der Waals surface area contributed by atoms with E-state index in [2.05, 4.69) is 4.74 Å². The summed E-state index contributed by atoms with van der Waals surface area (Å²) in [5, 5.41) is 23.0. The minimum atomic E-state index is -2.03. The molecule has 0 radical (unpaired) electrons. The van der Waals surface area contributed by atoms with Crippen LogP contribution < -0.4 is 0 Å². The molecule has 0 aromatic carbocycles. The number of alkyl halides is 1. The SMILES string of the molecule is COC(=O)OCC(=O)[C@@]1(O)[C@@H](C)CC2C3CCC4=CC(=O)C=C[C@]4(C)[C@@]3(F)[C@@H](O)C[C@@]21C. The maximum Gasteiger partial charge on any atom is 0.508 e. The summed E-state index contributed by atoms with van der Waals surface area (Å²) in [4.78, 5) is 36.4. The Balaban J connectivity index is 1.73. The van der Waals surface area contributed by atoms with E-state index < -0.39 is 58.6 Å². The topological polar surface area (TPSA) is 110 Å². The lowest BCUT2D eigenvalue weighted by Gasteiger charge is -2.62. The van der Waals surface area contributed by atoms with Crippen molar-refractivity contribution in [3.63, 3.8) is 0 Å². The van der Waals surface area contributed by atoms with Crippen LogP contribution in [0.5, 0.6) is 0 Å². The van der Waals surface area contributed by atoms with Crippen molar-refractivity contribution in [1.82, 2.24) is 0 Å². The van der Waals surface area contributed by atoms with Crippen LogP contribution in [0.2, 0.25) is 0 Å². The van der Waals surface area contributed by atoms with Gasteiger partial charge in [0.15, 0.2) is 18.1 Å². The Bertz CT molecular complexity index is 927. The van der Waals surface area contributed by atoms with Gasteiger partial charge < -0.3 is 19.7 Å². The second-order valence-electron chi connectivity index (χ2n) is 10.3. The molecule has 0 aromatic rings. The van der Waals surface area contributed by atoms with E-state index in [4.69, 9.17) is 4.74 Å². The lowest BCUT2D eigenvalue weighted by atomic mass is 9.44. The van der Waals surface area contributed by atoms with Crippen LogP contribution in [0.3, 0.4) is 0 Å². The zero-order chi connectivity index (χ0) is 23.7. The maximum absolute atomic E-state index is 17.0. The van der Waals surface area contributed by atoms with Crippen LogP contribution >= 0.6 is 0 Å². The Hall–Kier alpha value is -2.06. The van der Waals surface area contributed by atoms with E-state index in [-0.39, 0.29) is 18.1 Å². The summed E-state index contributed by atoms with van der Waals surface area (Å²) >= 11 is 0. The molecule has 2 unspecified atom stereocenters. The van der Waals surface area contributed by atoms with E-state index in [0.717, 1.165) is 7.11 Å². The molecule has 3 saturated carbocycles. The molecule has 0 amide bonds. The van der Waals surface area contributed by atoms with Gasteiger partial charge in [0.1, 0.15) is 5.60 Å². The predicted octanol–water partition coefficient (Wildman–Crippen LogP) is 2.69. The van der Waals surface area contributed by atoms with Gasteiger partial charge >= 0.3 is 6.16 Å². The van der Waals surface area contributed by atoms with E-state index in [1.54, 1.807) is 26.8 Å². The second kappa shape index (κ2) is 7.22. The van der Waals surface area contributed by atoms with Crippen LogP contribution in [0, 0.1) is 28.6 Å². The van der Waals surface area contributed by atoms with Gasteiger partial charge in [0.2, 0.25) is 5.78 Å². The van der Waals surface area contributed by atoms with Gasteiger partial charge in [0.05, 0.1) is 13.2 Å². The van der Waals surface area contributed by atoms with E-state index >= 15 is 4.39 Å². The van der Waals surface area contributed by atoms with Gasteiger partial charge in [0, 0.05) is 16.7 Å². The molecular weight excluding hydrogens is 419 g/mol. The van der Waals surface area contributed by atoms with Gasteiger partial charge in [-0.05, 0) is 56.6 Å². The molecule has 0 saturated heterocycles. The Morgan fingerprint density at radius 3 is 2.62 bits per heavy atom. The molecule has 8 atom stereocenters. The first-order chi connectivity index (χ1) is 14.9. The van der Waals surface area contributed by atoms with E-state index in [1.165, 1.54) is 12.2 Å². The van der Waals surface area contributed by atoms with Crippen LogP contribution in [0.15, 0.2) is 23.8 Å². The third-order valence-corrected chi connectivity index (χ3v) is 9.14. The molecule has 0 spiro atoms. The molecular formula is C24H31FO7. The molecule has 0 aliphatic heterocycles. The zero-order valence-electron chi connectivity index (χ0n) is 18.9. The number of ketones is 2. The predicted molar refractivity (Wildman–Crippen MR) is 111 cm³/mol. The number of carbonyl (C=O) groups excluding carboxylic acids is 3. The van der Waals surface area contributed by atoms with Crippen LogP contribution in [0.25, 0.3) is 0 Å². The van der Waals surface area contributed by atoms with Crippen molar-refractivity contribution in [2.24, 2.45) is 28.6 Å². The first-order valence-electron chi connectivity index (χ1n) is 11.1. The quantitative estimate of drug-likeness (QED) is 0.636. The Morgan fingerprint density at radius 2 is 1.97 bits per heavy atom. The van der Waals surface area contributed by atoms with Crippen molar-refractivity contribution in [3.05, 3.63) is 23.8 Å². The fraction of sp³-hybridized carbons (Fsp3) is 0.708. The molecule has 7 nitrogen and oxygen atoms in total. The fourth-order valence-electron chi connectivity index (χ4n) is 7.43. The minimum absolute atomic E-state index is 0.125. The zero-order valence-corrected chi connectivity index (χ0v) is 18.9. The van der Waals surface area contributed by atoms with Gasteiger partial charge in [0.25, 0.3) is 0 Å². The molecule has 4 aliphatic carbocycles. The first-order valence-corrected chi connectivity index (χ1v) is 11.1. The highest BCUT2D eigenvalue weighted by molar-refractivity contribution is 6.01. The summed E-state index contributed by atoms with van der Waals surface area (Å²) in [5.74, 6) is -2.36. The number of rotatable bonds is 3. The van der Waals surface area contributed by atoms with Gasteiger partial charge in [-0.15, -0.1) is 0 Å². The van der Waals surface area contributed by atoms with E-state index in [0.29, 0.717) is 24.8 Å². The van der Waals surface area contributed by atoms with Crippen molar-refractivity contribution >= 4 is 17.7 Å². The largest absolute Gasteiger partial charge is 0.508 e. The number of aliphatic hydroxyl groups is 2. The molecule has 0 heterocycles. The maximum atomic E-state index is 17.0. The average Bonchev–Trinajstić information content (AvgIpc) is 2.94. The number of hydrogen-bond acceptors (Lipinski definition) is 7. The fourth-order valence-corrected chi connectivity index (χ4v) is 7.43. The third-order valence-electron chi connectivity index (χ3n) is 9.14. The molecule has 3 fully saturated rings. The monoisotopic (exact) mass is 450 g/mol. The number of carbonyl (C=O) groups is 3. The van der Waals surface area contributed by atoms with Gasteiger partial charge in [-0.3, -0.25) is 9.59 Å². The minimum Gasteiger partial charge on any atom is -0.438 e. The standard InChI is InChI=1S/C24H31FO7/c1-13-9-17-16-6-5-14-10-15(26)7-8-21(14,2)23(16,25)18(27)11-22(17,3)24(13,30)19(28)12-32-20(29)31-4/h7-8,10,13,16-18,27,30H,5-6,9,11-12H2,1-4H3/t13-,16?,17?,18-,21-,22-,23-,24-/m0/s1. The molecule has 32 heavy (non-hydrogen) atoms. The molecule has 2 N–H and O–H groups in total. The van der Waals surface area contributed by atoms with Gasteiger partial charge in [-0.2, -0.15) is 0 Å². The molecule has 0 bridgehead atoms. The van der Waals surface area contributed by atoms with Gasteiger partial charge in [-0.25, -0.2) is 9.18 Å². The molecule has 0 aromatic heterocycles. The smallest absolute Gasteiger partial charge is 0.438 e. The second-order valence-corrected chi connectivity index (χ2v) is 10.3. The van der Waals surface area contributed by atoms with E-state index in [1.807, 2.05) is 0 Å². The van der Waals surface area contributed by atoms with Crippen molar-refractivity contribution in [1.29, 1.82) is 0 Å². The van der Waals surface area contributed by atoms with Crippen LogP contribution in [-0.4, -0.2) is 59.0 Å². The lowest BCUT2D eigenvalue weighted by Crippen LogP contribution is -2.69. The number of allylic oxidation sites excluding steroid dienone is 4. The molecule has 4 rings (SSSR count). The number of fused-ring (bicyclic) bond motifs is 5. The lowest BCUT2D eigenvalue weighted by molar-refractivity contribution is -0.219. The number of aliphatic hydroxyl groups excluding tert-OH is 1. The Kier molecular flexibility index (Phi) is 5.21. The summed E-state index contributed by atoms with van der Waals surface area (Å²) in [6, 6.07) is 0. The third kappa shape index (κ3) is 2.68. The number of ether oxygens (including phenoxy) is 2. The highest BCUT2D eigenvalue weighted by Crippen LogP contribution is 2.70. The Morgan fingerprint density at radius 1 is 1.28 bits per heavy atom. The van der Waals surface area contributed by atoms with Crippen molar-refractivity contribution in [2.75, 3.05) is 13.7 Å². The molecule has 176 valence electrons. The number of Topliss-reactive ketones (excluding diaryl/α,β-unsaturated/α-hetero) is 1. The summed E-state index contributed by atoms with van der Waals surface area (Å²) in [6.07, 6.45) is 3.11. The van der Waals surface area contributed by atoms with Crippen molar-refractivity contribution < 1.29 is 38.5 Å². The summed E-state index contributed by atoms with van der Waals surface area (Å²) in [5.41, 5.74) is -5.48. The summed E-state index contributed by atoms with van der Waals surface area (Å²) < 4.78 is 26.2. The number of hydrogen-bond donors (Lipinski definition) is 2. The summed E-state index contributed by atoms with van der Waals surface area (Å²) in [7, 11) is 1.12. The van der Waals surface area contributed by atoms with Crippen LogP contribution in [0.4, 0.5) is 9.18 Å². The average molecular weight is 451 g/mol. The highest BCUT2D eigenvalue weighted by atomic mass is 19.1. The van der Waals surface area contributed by atoms with E-state index in [9.17, 15) is 24.6 Å². The molecule has 8 heteroatoms. The van der Waals surface area contributed by atoms with Crippen molar-refractivity contribution in [3.8, 4) is 0 Å². The highest BCUT2D eigenvalue weighted by Gasteiger charge is 2.75. The van der Waals surface area contributed by atoms with Crippen LogP contribution in [0.1, 0.15) is 46.5 Å². The van der Waals surface area contributed by atoms with Crippen molar-refractivity contribution in [2.45, 2.75) is 63.8 Å². The summed E-state index contributed by atoms with van der Waals surface area (Å²) in [6.45, 7) is 4.53. The molecule has 4 aliphatic rings. The van der Waals surface area contributed by atoms with Gasteiger partial charge in [-0.1, -0.05) is 25.5 Å². The Labute approximate surface area is 186 Å². The number of methoxy groups -OCH3 is 1.